The predicted octanol–water partition coefficient (Wildman–Crippen LogP) is 4.51. The van der Waals surface area contributed by atoms with E-state index in [0.29, 0.717) is 19.1 Å². The topological polar surface area (TPSA) is 9.23 Å². The fourth-order valence-electron chi connectivity index (χ4n) is 6.31. The molecule has 3 heteroatoms. The lowest BCUT2D eigenvalue weighted by Crippen LogP contribution is -2.36. The molecule has 4 bridgehead atoms. The van der Waals surface area contributed by atoms with Crippen molar-refractivity contribution in [3.63, 3.8) is 0 Å². The molecule has 1 nitrogen and oxygen atoms in total. The van der Waals surface area contributed by atoms with Crippen LogP contribution >= 0.6 is 0 Å². The van der Waals surface area contributed by atoms with Crippen LogP contribution in [0, 0.1) is 35.5 Å². The summed E-state index contributed by atoms with van der Waals surface area (Å²) in [5.41, 5.74) is 0. The van der Waals surface area contributed by atoms with E-state index in [4.69, 9.17) is 4.74 Å². The lowest BCUT2D eigenvalue weighted by molar-refractivity contribution is -0.0421. The van der Waals surface area contributed by atoms with E-state index in [1.54, 1.807) is 0 Å². The standard InChI is InChI=1S/C17H26F2O/c1-17(18,19)5-2-6-20-14-9-12-8-13(14)16-11-4-3-10(7-11)15(12)16/h10-16H,2-9H2,1H3. The number of ether oxygens (including phenoxy) is 1. The quantitative estimate of drug-likeness (QED) is 0.533. The summed E-state index contributed by atoms with van der Waals surface area (Å²) in [6.45, 7) is 1.53. The molecule has 4 aliphatic carbocycles. The van der Waals surface area contributed by atoms with E-state index in [2.05, 4.69) is 0 Å². The van der Waals surface area contributed by atoms with Crippen LogP contribution in [0.15, 0.2) is 0 Å². The molecular formula is C17H26F2O. The summed E-state index contributed by atoms with van der Waals surface area (Å²) in [6, 6.07) is 0. The summed E-state index contributed by atoms with van der Waals surface area (Å²) in [5.74, 6) is 3.09. The fourth-order valence-corrected chi connectivity index (χ4v) is 6.31. The lowest BCUT2D eigenvalue weighted by Gasteiger charge is -2.38. The second-order valence-corrected chi connectivity index (χ2v) is 7.97. The molecule has 114 valence electrons. The van der Waals surface area contributed by atoms with Crippen LogP contribution in [-0.2, 0) is 4.74 Å². The zero-order valence-electron chi connectivity index (χ0n) is 12.4. The zero-order chi connectivity index (χ0) is 13.9. The van der Waals surface area contributed by atoms with Gasteiger partial charge < -0.3 is 4.74 Å². The SMILES string of the molecule is CC(F)(F)CCCOC1CC2CC1C1C3CCC(C3)C21. The van der Waals surface area contributed by atoms with E-state index in [-0.39, 0.29) is 6.42 Å². The molecule has 0 amide bonds. The largest absolute Gasteiger partial charge is 0.378 e. The van der Waals surface area contributed by atoms with Crippen LogP contribution in [0.2, 0.25) is 0 Å². The molecule has 4 fully saturated rings. The molecule has 0 spiro atoms. The highest BCUT2D eigenvalue weighted by molar-refractivity contribution is 5.11. The van der Waals surface area contributed by atoms with E-state index in [0.717, 1.165) is 42.4 Å². The van der Waals surface area contributed by atoms with Crippen molar-refractivity contribution in [3.05, 3.63) is 0 Å². The Morgan fingerprint density at radius 3 is 2.50 bits per heavy atom. The van der Waals surface area contributed by atoms with Gasteiger partial charge in [0.15, 0.2) is 0 Å². The van der Waals surface area contributed by atoms with Crippen LogP contribution in [0.5, 0.6) is 0 Å². The Hall–Kier alpha value is -0.180. The van der Waals surface area contributed by atoms with Crippen LogP contribution in [-0.4, -0.2) is 18.6 Å². The molecule has 0 aliphatic heterocycles. The van der Waals surface area contributed by atoms with Gasteiger partial charge in [0.1, 0.15) is 0 Å². The van der Waals surface area contributed by atoms with Crippen molar-refractivity contribution >= 4 is 0 Å². The first-order chi connectivity index (χ1) is 9.53. The van der Waals surface area contributed by atoms with Gasteiger partial charge in [0, 0.05) is 13.0 Å². The van der Waals surface area contributed by atoms with Gasteiger partial charge in [-0.25, -0.2) is 8.78 Å². The van der Waals surface area contributed by atoms with Crippen LogP contribution < -0.4 is 0 Å². The smallest absolute Gasteiger partial charge is 0.245 e. The first-order valence-corrected chi connectivity index (χ1v) is 8.52. The van der Waals surface area contributed by atoms with Crippen molar-refractivity contribution in [2.45, 2.75) is 63.9 Å². The highest BCUT2D eigenvalue weighted by Crippen LogP contribution is 2.67. The maximum absolute atomic E-state index is 12.8. The molecule has 0 aromatic carbocycles. The molecule has 4 aliphatic rings. The molecule has 7 atom stereocenters. The third-order valence-corrected chi connectivity index (χ3v) is 6.77. The Morgan fingerprint density at radius 2 is 1.75 bits per heavy atom. The number of halogens is 2. The molecule has 20 heavy (non-hydrogen) atoms. The molecule has 0 saturated heterocycles. The minimum absolute atomic E-state index is 0.0371. The third-order valence-electron chi connectivity index (χ3n) is 6.77. The minimum Gasteiger partial charge on any atom is -0.378 e. The van der Waals surface area contributed by atoms with Crippen molar-refractivity contribution < 1.29 is 13.5 Å². The number of alkyl halides is 2. The van der Waals surface area contributed by atoms with E-state index in [9.17, 15) is 8.78 Å². The maximum Gasteiger partial charge on any atom is 0.245 e. The van der Waals surface area contributed by atoms with Gasteiger partial charge in [0.05, 0.1) is 6.10 Å². The Kier molecular flexibility index (Phi) is 3.14. The number of hydrogen-bond donors (Lipinski definition) is 0. The second-order valence-electron chi connectivity index (χ2n) is 7.97. The molecule has 0 aromatic heterocycles. The predicted molar refractivity (Wildman–Crippen MR) is 73.6 cm³/mol. The Bertz CT molecular complexity index is 378. The van der Waals surface area contributed by atoms with Crippen molar-refractivity contribution in [2.75, 3.05) is 6.61 Å². The summed E-state index contributed by atoms with van der Waals surface area (Å²) in [6.07, 6.45) is 7.86. The average Bonchev–Trinajstić information content (AvgIpc) is 3.10. The third kappa shape index (κ3) is 2.12. The van der Waals surface area contributed by atoms with Gasteiger partial charge in [-0.05, 0) is 81.0 Å². The van der Waals surface area contributed by atoms with Gasteiger partial charge in [-0.3, -0.25) is 0 Å². The van der Waals surface area contributed by atoms with E-state index in [1.165, 1.54) is 32.1 Å². The Labute approximate surface area is 120 Å². The molecule has 4 saturated carbocycles. The summed E-state index contributed by atoms with van der Waals surface area (Å²) < 4.78 is 31.6. The molecule has 7 unspecified atom stereocenters. The summed E-state index contributed by atoms with van der Waals surface area (Å²) in [4.78, 5) is 0. The van der Waals surface area contributed by atoms with Crippen LogP contribution in [0.25, 0.3) is 0 Å². The number of fused-ring (bicyclic) bond motifs is 9. The van der Waals surface area contributed by atoms with Crippen molar-refractivity contribution in [1.82, 2.24) is 0 Å². The summed E-state index contributed by atoms with van der Waals surface area (Å²) in [5, 5.41) is 0. The Morgan fingerprint density at radius 1 is 1.00 bits per heavy atom. The van der Waals surface area contributed by atoms with Gasteiger partial charge >= 0.3 is 0 Å². The van der Waals surface area contributed by atoms with Crippen molar-refractivity contribution in [1.29, 1.82) is 0 Å². The molecule has 0 heterocycles. The fraction of sp³-hybridized carbons (Fsp3) is 1.00. The minimum atomic E-state index is -2.53. The van der Waals surface area contributed by atoms with Gasteiger partial charge in [-0.2, -0.15) is 0 Å². The molecule has 0 N–H and O–H groups in total. The lowest BCUT2D eigenvalue weighted by atomic mass is 9.70. The van der Waals surface area contributed by atoms with Gasteiger partial charge in [0.2, 0.25) is 5.92 Å². The van der Waals surface area contributed by atoms with Gasteiger partial charge in [0.25, 0.3) is 0 Å². The molecule has 0 radical (unpaired) electrons. The highest BCUT2D eigenvalue weighted by Gasteiger charge is 2.62. The second kappa shape index (κ2) is 4.66. The number of rotatable bonds is 5. The normalized spacial score (nSPS) is 49.0. The first kappa shape index (κ1) is 13.5. The van der Waals surface area contributed by atoms with Crippen molar-refractivity contribution in [3.8, 4) is 0 Å². The molecule has 0 aromatic rings. The average molecular weight is 284 g/mol. The van der Waals surface area contributed by atoms with Crippen LogP contribution in [0.4, 0.5) is 8.78 Å². The van der Waals surface area contributed by atoms with Gasteiger partial charge in [-0.15, -0.1) is 0 Å². The Balaban J connectivity index is 1.30. The highest BCUT2D eigenvalue weighted by atomic mass is 19.3. The number of hydrogen-bond acceptors (Lipinski definition) is 1. The summed E-state index contributed by atoms with van der Waals surface area (Å²) >= 11 is 0. The van der Waals surface area contributed by atoms with Gasteiger partial charge in [-0.1, -0.05) is 0 Å². The van der Waals surface area contributed by atoms with Crippen LogP contribution in [0.3, 0.4) is 0 Å². The van der Waals surface area contributed by atoms with Crippen molar-refractivity contribution in [2.24, 2.45) is 35.5 Å². The first-order valence-electron chi connectivity index (χ1n) is 8.52. The maximum atomic E-state index is 12.8. The van der Waals surface area contributed by atoms with E-state index >= 15 is 0 Å². The molecule has 4 rings (SSSR count). The van der Waals surface area contributed by atoms with E-state index < -0.39 is 5.92 Å². The monoisotopic (exact) mass is 284 g/mol. The summed E-state index contributed by atoms with van der Waals surface area (Å²) in [7, 11) is 0. The van der Waals surface area contributed by atoms with E-state index in [1.807, 2.05) is 0 Å². The zero-order valence-corrected chi connectivity index (χ0v) is 12.4. The van der Waals surface area contributed by atoms with Crippen LogP contribution in [0.1, 0.15) is 51.9 Å². The molecular weight excluding hydrogens is 258 g/mol.